The molecule has 0 aliphatic rings. The molecule has 1 heterocycles. The van der Waals surface area contributed by atoms with Crippen LogP contribution in [0.1, 0.15) is 16.8 Å². The topological polar surface area (TPSA) is 39.1 Å². The average molecular weight is 372 g/mol. The predicted molar refractivity (Wildman–Crippen MR) is 106 cm³/mol. The van der Waals surface area contributed by atoms with Crippen LogP contribution in [0.5, 0.6) is 0 Å². The molecule has 0 amide bonds. The Morgan fingerprint density at radius 2 is 1.60 bits per heavy atom. The highest BCUT2D eigenvalue weighted by Crippen LogP contribution is 2.35. The summed E-state index contributed by atoms with van der Waals surface area (Å²) in [6.07, 6.45) is 3.73. The molecule has 0 N–H and O–H groups in total. The van der Waals surface area contributed by atoms with Gasteiger partial charge in [-0.2, -0.15) is 0 Å². The minimum atomic E-state index is -3.47. The number of hydrogen-bond acceptors (Lipinski definition) is 3. The molecule has 130 valence electrons. The maximum absolute atomic E-state index is 12.9. The predicted octanol–water partition coefficient (Wildman–Crippen LogP) is 4.87. The van der Waals surface area contributed by atoms with Gasteiger partial charge >= 0.3 is 0 Å². The summed E-state index contributed by atoms with van der Waals surface area (Å²) in [5.41, 5.74) is 4.73. The van der Waals surface area contributed by atoms with Crippen LogP contribution in [-0.2, 0) is 15.8 Å². The molecule has 0 spiro atoms. The summed E-state index contributed by atoms with van der Waals surface area (Å²) in [5, 5.41) is 0. The third kappa shape index (κ3) is 3.67. The highest BCUT2D eigenvalue weighted by molar-refractivity contribution is 7.98. The van der Waals surface area contributed by atoms with Gasteiger partial charge in [0, 0.05) is 22.3 Å². The Bertz CT molecular complexity index is 973. The number of benzene rings is 2. The summed E-state index contributed by atoms with van der Waals surface area (Å²) >= 11 is 1.58. The lowest BCUT2D eigenvalue weighted by Crippen LogP contribution is -2.15. The second-order valence-electron chi connectivity index (χ2n) is 6.07. The summed E-state index contributed by atoms with van der Waals surface area (Å²) in [5.74, 6) is -0.00941. The fraction of sp³-hybridized carbons (Fsp3) is 0.200. The summed E-state index contributed by atoms with van der Waals surface area (Å²) in [4.78, 5) is 1.00. The normalized spacial score (nSPS) is 11.6. The van der Waals surface area contributed by atoms with Gasteiger partial charge in [0.25, 0.3) is 0 Å². The maximum atomic E-state index is 12.9. The van der Waals surface area contributed by atoms with E-state index in [9.17, 15) is 8.42 Å². The molecule has 5 heteroatoms. The minimum Gasteiger partial charge on any atom is -0.248 e. The molecule has 0 aliphatic carbocycles. The standard InChI is InChI=1S/C20H21NO2S2/c1-15-9-11-18(12-10-15)19-13-21(16(2)20(19)24-3)25(22,23)14-17-7-5-4-6-8-17/h4-13H,14H2,1-3H3. The molecule has 2 aromatic carbocycles. The lowest BCUT2D eigenvalue weighted by molar-refractivity contribution is 0.585. The van der Waals surface area contributed by atoms with Crippen molar-refractivity contribution in [2.75, 3.05) is 6.26 Å². The second-order valence-corrected chi connectivity index (χ2v) is 8.73. The zero-order valence-corrected chi connectivity index (χ0v) is 16.2. The van der Waals surface area contributed by atoms with Crippen molar-refractivity contribution in [3.05, 3.63) is 77.6 Å². The van der Waals surface area contributed by atoms with Crippen LogP contribution >= 0.6 is 11.8 Å². The molecule has 25 heavy (non-hydrogen) atoms. The highest BCUT2D eigenvalue weighted by Gasteiger charge is 2.22. The van der Waals surface area contributed by atoms with E-state index in [4.69, 9.17) is 0 Å². The maximum Gasteiger partial charge on any atom is 0.242 e. The fourth-order valence-electron chi connectivity index (χ4n) is 2.91. The molecule has 1 aromatic heterocycles. The smallest absolute Gasteiger partial charge is 0.242 e. The number of hydrogen-bond donors (Lipinski definition) is 0. The Morgan fingerprint density at radius 3 is 2.20 bits per heavy atom. The van der Waals surface area contributed by atoms with Crippen LogP contribution in [0.2, 0.25) is 0 Å². The second kappa shape index (κ2) is 7.10. The van der Waals surface area contributed by atoms with Crippen LogP contribution in [0.25, 0.3) is 11.1 Å². The van der Waals surface area contributed by atoms with Gasteiger partial charge in [-0.3, -0.25) is 0 Å². The summed E-state index contributed by atoms with van der Waals surface area (Å²) in [6.45, 7) is 3.91. The van der Waals surface area contributed by atoms with E-state index in [1.54, 1.807) is 18.0 Å². The van der Waals surface area contributed by atoms with E-state index in [1.165, 1.54) is 9.54 Å². The van der Waals surface area contributed by atoms with Gasteiger partial charge in [0.05, 0.1) is 5.75 Å². The summed E-state index contributed by atoms with van der Waals surface area (Å²) in [6, 6.07) is 17.5. The number of thioether (sulfide) groups is 1. The molecule has 0 atom stereocenters. The van der Waals surface area contributed by atoms with E-state index in [-0.39, 0.29) is 5.75 Å². The van der Waals surface area contributed by atoms with Gasteiger partial charge < -0.3 is 0 Å². The zero-order valence-electron chi connectivity index (χ0n) is 14.6. The molecular weight excluding hydrogens is 350 g/mol. The molecule has 0 fully saturated rings. The number of nitrogens with zero attached hydrogens (tertiary/aromatic N) is 1. The third-order valence-electron chi connectivity index (χ3n) is 4.21. The van der Waals surface area contributed by atoms with Crippen LogP contribution in [0, 0.1) is 13.8 Å². The molecule has 0 saturated heterocycles. The Balaban J connectivity index is 2.06. The van der Waals surface area contributed by atoms with Gasteiger partial charge in [-0.1, -0.05) is 60.2 Å². The van der Waals surface area contributed by atoms with Crippen LogP contribution in [0.4, 0.5) is 0 Å². The van der Waals surface area contributed by atoms with E-state index in [1.807, 2.05) is 74.7 Å². The van der Waals surface area contributed by atoms with Crippen molar-refractivity contribution < 1.29 is 8.42 Å². The fourth-order valence-corrected chi connectivity index (χ4v) is 5.28. The molecule has 0 radical (unpaired) electrons. The quantitative estimate of drug-likeness (QED) is 0.601. The Kier molecular flexibility index (Phi) is 5.06. The summed E-state index contributed by atoms with van der Waals surface area (Å²) in [7, 11) is -3.47. The van der Waals surface area contributed by atoms with Crippen molar-refractivity contribution in [2.45, 2.75) is 24.5 Å². The first-order valence-corrected chi connectivity index (χ1v) is 10.9. The van der Waals surface area contributed by atoms with Crippen molar-refractivity contribution in [2.24, 2.45) is 0 Å². The van der Waals surface area contributed by atoms with Crippen molar-refractivity contribution in [3.8, 4) is 11.1 Å². The van der Waals surface area contributed by atoms with Gasteiger partial charge in [-0.15, -0.1) is 11.8 Å². The first-order chi connectivity index (χ1) is 11.9. The first kappa shape index (κ1) is 17.8. The zero-order chi connectivity index (χ0) is 18.0. The van der Waals surface area contributed by atoms with Gasteiger partial charge in [0.2, 0.25) is 10.0 Å². The Morgan fingerprint density at radius 1 is 0.960 bits per heavy atom. The largest absolute Gasteiger partial charge is 0.248 e. The van der Waals surface area contributed by atoms with Gasteiger partial charge in [-0.25, -0.2) is 12.4 Å². The third-order valence-corrected chi connectivity index (χ3v) is 6.81. The molecule has 0 aliphatic heterocycles. The lowest BCUT2D eigenvalue weighted by atomic mass is 10.1. The van der Waals surface area contributed by atoms with Crippen LogP contribution in [-0.4, -0.2) is 18.6 Å². The lowest BCUT2D eigenvalue weighted by Gasteiger charge is -2.08. The van der Waals surface area contributed by atoms with Crippen molar-refractivity contribution in [3.63, 3.8) is 0 Å². The van der Waals surface area contributed by atoms with Crippen molar-refractivity contribution >= 4 is 21.8 Å². The summed E-state index contributed by atoms with van der Waals surface area (Å²) < 4.78 is 27.3. The van der Waals surface area contributed by atoms with Crippen LogP contribution in [0.3, 0.4) is 0 Å². The van der Waals surface area contributed by atoms with E-state index in [0.717, 1.165) is 27.3 Å². The Labute approximate surface area is 153 Å². The van der Waals surface area contributed by atoms with Crippen molar-refractivity contribution in [1.82, 2.24) is 3.97 Å². The number of aryl methyl sites for hydroxylation is 1. The molecule has 0 bridgehead atoms. The monoisotopic (exact) mass is 371 g/mol. The van der Waals surface area contributed by atoms with Crippen molar-refractivity contribution in [1.29, 1.82) is 0 Å². The molecule has 3 rings (SSSR count). The van der Waals surface area contributed by atoms with Gasteiger partial charge in [0.1, 0.15) is 0 Å². The molecule has 0 unspecified atom stereocenters. The van der Waals surface area contributed by atoms with Gasteiger partial charge in [0.15, 0.2) is 0 Å². The van der Waals surface area contributed by atoms with Gasteiger partial charge in [-0.05, 0) is 31.2 Å². The molecule has 0 saturated carbocycles. The number of rotatable bonds is 5. The minimum absolute atomic E-state index is 0.00941. The van der Waals surface area contributed by atoms with E-state index >= 15 is 0 Å². The van der Waals surface area contributed by atoms with E-state index in [0.29, 0.717) is 0 Å². The number of aromatic nitrogens is 1. The first-order valence-electron chi connectivity index (χ1n) is 8.02. The molecular formula is C20H21NO2S2. The Hall–Kier alpha value is -1.98. The highest BCUT2D eigenvalue weighted by atomic mass is 32.2. The average Bonchev–Trinajstić information content (AvgIpc) is 2.93. The molecule has 3 aromatic rings. The van der Waals surface area contributed by atoms with E-state index in [2.05, 4.69) is 0 Å². The van der Waals surface area contributed by atoms with E-state index < -0.39 is 10.0 Å². The molecule has 3 nitrogen and oxygen atoms in total. The van der Waals surface area contributed by atoms with Crippen LogP contribution < -0.4 is 0 Å². The van der Waals surface area contributed by atoms with Crippen LogP contribution in [0.15, 0.2) is 65.7 Å². The SMILES string of the molecule is CSc1c(-c2ccc(C)cc2)cn(S(=O)(=O)Cc2ccccc2)c1C.